The van der Waals surface area contributed by atoms with Gasteiger partial charge in [-0.2, -0.15) is 0 Å². The molecule has 2 rings (SSSR count). The van der Waals surface area contributed by atoms with E-state index in [4.69, 9.17) is 10.8 Å². The normalized spacial score (nSPS) is 18.5. The van der Waals surface area contributed by atoms with Crippen LogP contribution in [0.25, 0.3) is 0 Å². The summed E-state index contributed by atoms with van der Waals surface area (Å²) in [6, 6.07) is 5.68. The van der Waals surface area contributed by atoms with Gasteiger partial charge in [-0.15, -0.1) is 0 Å². The summed E-state index contributed by atoms with van der Waals surface area (Å²) in [4.78, 5) is 75.2. The monoisotopic (exact) mass is 805 g/mol. The summed E-state index contributed by atoms with van der Waals surface area (Å²) in [5, 5.41) is 24.2. The van der Waals surface area contributed by atoms with Crippen LogP contribution in [0, 0.1) is 17.8 Å². The molecule has 55 heavy (non-hydrogen) atoms. The molecule has 0 unspecified atom stereocenters. The Morgan fingerprint density at radius 3 is 1.91 bits per heavy atom. The number of unbranched alkanes of at least 4 members (excludes halogenated alkanes) is 14. The molecule has 11 nitrogen and oxygen atoms in total. The highest BCUT2D eigenvalue weighted by atomic mass is 33.1. The molecular weight excluding hydrogens is 739 g/mol. The molecule has 1 aromatic carbocycles. The molecule has 1 aliphatic heterocycles. The third-order valence-electron chi connectivity index (χ3n) is 10.3. The summed E-state index contributed by atoms with van der Waals surface area (Å²) in [6.07, 6.45) is 18.5. The van der Waals surface area contributed by atoms with Crippen molar-refractivity contribution in [2.24, 2.45) is 23.5 Å². The van der Waals surface area contributed by atoms with Gasteiger partial charge in [0.1, 0.15) is 11.5 Å². The molecule has 0 radical (unpaired) electrons. The highest BCUT2D eigenvalue weighted by Gasteiger charge is 2.32. The molecule has 1 aromatic rings. The van der Waals surface area contributed by atoms with E-state index in [9.17, 15) is 33.9 Å². The first-order valence-electron chi connectivity index (χ1n) is 20.6. The van der Waals surface area contributed by atoms with Gasteiger partial charge in [-0.1, -0.05) is 118 Å². The van der Waals surface area contributed by atoms with E-state index >= 15 is 0 Å². The zero-order chi connectivity index (χ0) is 40.3. The molecule has 0 aromatic heterocycles. The Bertz CT molecular complexity index is 1310. The van der Waals surface area contributed by atoms with Crippen LogP contribution in [0.3, 0.4) is 0 Å². The number of nitrogens with two attached hydrogens (primary N) is 1. The largest absolute Gasteiger partial charge is 0.508 e. The molecule has 4 atom stereocenters. The average molecular weight is 806 g/mol. The summed E-state index contributed by atoms with van der Waals surface area (Å²) >= 11 is 0. The molecule has 6 N–H and O–H groups in total. The van der Waals surface area contributed by atoms with Gasteiger partial charge in [-0.3, -0.25) is 28.8 Å². The van der Waals surface area contributed by atoms with Crippen LogP contribution in [0.2, 0.25) is 0 Å². The maximum absolute atomic E-state index is 13.6. The Balaban J connectivity index is 1.65. The van der Waals surface area contributed by atoms with Crippen LogP contribution in [0.15, 0.2) is 24.3 Å². The summed E-state index contributed by atoms with van der Waals surface area (Å²) < 4.78 is 0. The molecule has 1 saturated heterocycles. The Labute approximate surface area is 336 Å². The van der Waals surface area contributed by atoms with Gasteiger partial charge >= 0.3 is 5.97 Å². The van der Waals surface area contributed by atoms with Crippen LogP contribution in [-0.2, 0) is 35.2 Å². The van der Waals surface area contributed by atoms with E-state index in [1.165, 1.54) is 85.1 Å². The number of hydrogen-bond acceptors (Lipinski definition) is 9. The molecule has 0 saturated carbocycles. The SMILES string of the molecule is C[C@H]1CSSC[C@@H](C(=O)C[C@@H](Cc2ccc(O)cc2)C(N)=O)CC(=O)[C@H](CCCCNC(=O)CCCCCCCCCCCCCCCCC(=O)O)NC1=O. The number of amides is 3. The standard InChI is InChI=1S/C42H67N3O8S2/c1-31-29-54-55-30-34(37(47)27-33(41(43)52)26-32-21-23-35(46)24-22-32)28-38(48)36(45-42(31)53)18-16-17-25-44-39(49)19-14-12-10-8-6-4-2-3-5-7-9-11-13-15-20-40(50)51/h21-24,31,33-34,36,46H,2-20,25-30H2,1H3,(H2,43,52)(H,44,49)(H,45,53)(H,50,51)/t31-,33+,34-,36-/m0/s1. The molecule has 310 valence electrons. The third kappa shape index (κ3) is 22.9. The van der Waals surface area contributed by atoms with Gasteiger partial charge in [-0.25, -0.2) is 0 Å². The lowest BCUT2D eigenvalue weighted by molar-refractivity contribution is -0.137. The summed E-state index contributed by atoms with van der Waals surface area (Å²) in [5.41, 5.74) is 6.44. The fraction of sp³-hybridized carbons (Fsp3) is 0.714. The topological polar surface area (TPSA) is 193 Å². The van der Waals surface area contributed by atoms with Crippen molar-refractivity contribution in [2.45, 2.75) is 154 Å². The van der Waals surface area contributed by atoms with E-state index in [0.29, 0.717) is 43.7 Å². The van der Waals surface area contributed by atoms with Crippen molar-refractivity contribution in [3.05, 3.63) is 29.8 Å². The molecule has 1 aliphatic rings. The van der Waals surface area contributed by atoms with E-state index < -0.39 is 29.8 Å². The molecular formula is C42H67N3O8S2. The number of carbonyl (C=O) groups excluding carboxylic acids is 5. The highest BCUT2D eigenvalue weighted by Crippen LogP contribution is 2.30. The van der Waals surface area contributed by atoms with E-state index in [-0.39, 0.29) is 60.7 Å². The molecule has 3 amide bonds. The number of Topliss-reactive ketones (excluding diaryl/α,β-unsaturated/α-hetero) is 2. The van der Waals surface area contributed by atoms with Crippen LogP contribution >= 0.6 is 21.6 Å². The van der Waals surface area contributed by atoms with Gasteiger partial charge in [0.2, 0.25) is 17.7 Å². The average Bonchev–Trinajstić information content (AvgIpc) is 3.16. The van der Waals surface area contributed by atoms with Crippen LogP contribution < -0.4 is 16.4 Å². The number of carboxylic acid groups (broad SMARTS) is 1. The minimum atomic E-state index is -0.744. The van der Waals surface area contributed by atoms with Gasteiger partial charge in [-0.05, 0) is 56.2 Å². The van der Waals surface area contributed by atoms with Crippen molar-refractivity contribution in [1.82, 2.24) is 10.6 Å². The number of primary amides is 1. The van der Waals surface area contributed by atoms with E-state index in [1.54, 1.807) is 12.1 Å². The fourth-order valence-corrected chi connectivity index (χ4v) is 9.41. The Morgan fingerprint density at radius 1 is 0.800 bits per heavy atom. The number of hydrogen-bond donors (Lipinski definition) is 5. The first-order chi connectivity index (χ1) is 26.5. The summed E-state index contributed by atoms with van der Waals surface area (Å²) in [5.74, 6) is -2.50. The lowest BCUT2D eigenvalue weighted by Crippen LogP contribution is -2.44. The number of nitrogens with one attached hydrogen (secondary N) is 2. The zero-order valence-electron chi connectivity index (χ0n) is 33.0. The summed E-state index contributed by atoms with van der Waals surface area (Å²) in [6.45, 7) is 2.32. The van der Waals surface area contributed by atoms with E-state index in [2.05, 4.69) is 10.6 Å². The van der Waals surface area contributed by atoms with E-state index in [1.807, 2.05) is 6.92 Å². The van der Waals surface area contributed by atoms with Gasteiger partial charge in [0.15, 0.2) is 5.78 Å². The number of aliphatic carboxylic acids is 1. The number of rotatable bonds is 28. The number of aromatic hydroxyl groups is 1. The highest BCUT2D eigenvalue weighted by molar-refractivity contribution is 8.76. The van der Waals surface area contributed by atoms with Gasteiger partial charge in [0.05, 0.1) is 6.04 Å². The van der Waals surface area contributed by atoms with Crippen molar-refractivity contribution in [2.75, 3.05) is 18.1 Å². The van der Waals surface area contributed by atoms with Gasteiger partial charge < -0.3 is 26.6 Å². The van der Waals surface area contributed by atoms with Crippen molar-refractivity contribution in [3.63, 3.8) is 0 Å². The molecule has 0 aliphatic carbocycles. The number of phenols is 1. The van der Waals surface area contributed by atoms with Crippen LogP contribution in [-0.4, -0.2) is 69.6 Å². The van der Waals surface area contributed by atoms with Crippen LogP contribution in [0.4, 0.5) is 0 Å². The first-order valence-corrected chi connectivity index (χ1v) is 23.1. The fourth-order valence-electron chi connectivity index (χ4n) is 6.71. The second-order valence-electron chi connectivity index (χ2n) is 15.2. The van der Waals surface area contributed by atoms with Gasteiger partial charge in [0, 0.05) is 61.5 Å². The quantitative estimate of drug-likeness (QED) is 0.0414. The number of ketones is 2. The Morgan fingerprint density at radius 2 is 1.35 bits per heavy atom. The molecule has 0 bridgehead atoms. The molecule has 13 heteroatoms. The van der Waals surface area contributed by atoms with E-state index in [0.717, 1.165) is 44.1 Å². The smallest absolute Gasteiger partial charge is 0.303 e. The van der Waals surface area contributed by atoms with Gasteiger partial charge in [0.25, 0.3) is 0 Å². The number of carbonyl (C=O) groups is 6. The predicted molar refractivity (Wildman–Crippen MR) is 222 cm³/mol. The maximum Gasteiger partial charge on any atom is 0.303 e. The first kappa shape index (κ1) is 48.1. The van der Waals surface area contributed by atoms with Crippen LogP contribution in [0.5, 0.6) is 5.75 Å². The van der Waals surface area contributed by atoms with Crippen molar-refractivity contribution in [3.8, 4) is 5.75 Å². The van der Waals surface area contributed by atoms with Crippen molar-refractivity contribution >= 4 is 56.8 Å². The molecule has 1 fully saturated rings. The number of carboxylic acids is 1. The third-order valence-corrected chi connectivity index (χ3v) is 12.9. The minimum Gasteiger partial charge on any atom is -0.508 e. The molecule has 0 spiro atoms. The maximum atomic E-state index is 13.6. The lowest BCUT2D eigenvalue weighted by atomic mass is 9.86. The summed E-state index contributed by atoms with van der Waals surface area (Å²) in [7, 11) is 2.96. The predicted octanol–water partition coefficient (Wildman–Crippen LogP) is 7.70. The second-order valence-corrected chi connectivity index (χ2v) is 17.8. The van der Waals surface area contributed by atoms with Crippen molar-refractivity contribution < 1.29 is 39.0 Å². The number of benzene rings is 1. The van der Waals surface area contributed by atoms with Crippen LogP contribution in [0.1, 0.15) is 147 Å². The van der Waals surface area contributed by atoms with Crippen molar-refractivity contribution in [1.29, 1.82) is 0 Å². The minimum absolute atomic E-state index is 0.0334. The number of phenolic OH excluding ortho intramolecular Hbond substituents is 1. The molecule has 1 heterocycles. The Hall–Kier alpha value is -3.06. The zero-order valence-corrected chi connectivity index (χ0v) is 34.7. The Kier molecular flexibility index (Phi) is 25.5. The second kappa shape index (κ2) is 29.2. The lowest BCUT2D eigenvalue weighted by Gasteiger charge is -2.22.